The summed E-state index contributed by atoms with van der Waals surface area (Å²) in [5, 5.41) is 8.77. The molecular weight excluding hydrogens is 364 g/mol. The van der Waals surface area contributed by atoms with Gasteiger partial charge in [0.05, 0.1) is 17.5 Å². The minimum Gasteiger partial charge on any atom is -0.345 e. The molecule has 4 rings (SSSR count). The van der Waals surface area contributed by atoms with E-state index in [1.165, 1.54) is 0 Å². The van der Waals surface area contributed by atoms with Gasteiger partial charge in [0, 0.05) is 18.2 Å². The summed E-state index contributed by atoms with van der Waals surface area (Å²) in [6.07, 6.45) is 7.71. The Morgan fingerprint density at radius 1 is 1.30 bits per heavy atom. The average molecular weight is 391 g/mol. The van der Waals surface area contributed by atoms with Crippen molar-refractivity contribution in [2.45, 2.75) is 57.9 Å². The molecule has 1 aliphatic carbocycles. The second kappa shape index (κ2) is 7.20. The maximum Gasteiger partial charge on any atom is 0.211 e. The van der Waals surface area contributed by atoms with Gasteiger partial charge < -0.3 is 4.98 Å². The van der Waals surface area contributed by atoms with Crippen LogP contribution in [0.25, 0.3) is 16.8 Å². The minimum absolute atomic E-state index is 0.0438. The monoisotopic (exact) mass is 390 g/mol. The Morgan fingerprint density at radius 2 is 2.15 bits per heavy atom. The molecule has 3 heterocycles. The zero-order chi connectivity index (χ0) is 19.0. The van der Waals surface area contributed by atoms with Crippen LogP contribution in [0.1, 0.15) is 57.7 Å². The number of nitrogens with zero attached hydrogens (tertiary/aromatic N) is 4. The summed E-state index contributed by atoms with van der Waals surface area (Å²) in [5.41, 5.74) is 2.47. The van der Waals surface area contributed by atoms with E-state index in [1.54, 1.807) is 6.20 Å². The van der Waals surface area contributed by atoms with Gasteiger partial charge in [0.15, 0.2) is 11.3 Å². The molecule has 1 fully saturated rings. The first-order chi connectivity index (χ1) is 13.0. The van der Waals surface area contributed by atoms with Crippen LogP contribution >= 0.6 is 0 Å². The van der Waals surface area contributed by atoms with E-state index in [1.807, 2.05) is 19.2 Å². The van der Waals surface area contributed by atoms with Gasteiger partial charge in [-0.05, 0) is 31.2 Å². The average Bonchev–Trinajstić information content (AvgIpc) is 3.35. The van der Waals surface area contributed by atoms with Crippen LogP contribution in [-0.4, -0.2) is 44.8 Å². The third-order valence-corrected chi connectivity index (χ3v) is 7.15. The van der Waals surface area contributed by atoms with Gasteiger partial charge in [-0.15, -0.1) is 10.2 Å². The molecular formula is C18H26N6O2S. The van der Waals surface area contributed by atoms with E-state index in [0.717, 1.165) is 48.3 Å². The summed E-state index contributed by atoms with van der Waals surface area (Å²) in [5.74, 6) is 1.65. The fourth-order valence-corrected chi connectivity index (χ4v) is 5.76. The lowest BCUT2D eigenvalue weighted by Crippen LogP contribution is -2.34. The molecule has 9 heteroatoms. The van der Waals surface area contributed by atoms with Gasteiger partial charge in [0.1, 0.15) is 5.82 Å². The van der Waals surface area contributed by atoms with Crippen LogP contribution in [0, 0.1) is 5.92 Å². The number of fused-ring (bicyclic) bond motifs is 3. The molecule has 146 valence electrons. The van der Waals surface area contributed by atoms with Gasteiger partial charge in [-0.2, -0.15) is 0 Å². The van der Waals surface area contributed by atoms with Gasteiger partial charge in [-0.3, -0.25) is 4.40 Å². The molecule has 8 nitrogen and oxygen atoms in total. The number of sulfonamides is 1. The molecule has 3 atom stereocenters. The number of unbranched alkanes of at least 4 members (excludes halogenated alkanes) is 1. The molecule has 0 unspecified atom stereocenters. The van der Waals surface area contributed by atoms with Crippen molar-refractivity contribution in [2.75, 3.05) is 5.75 Å². The zero-order valence-electron chi connectivity index (χ0n) is 15.7. The first kappa shape index (κ1) is 18.4. The van der Waals surface area contributed by atoms with Crippen molar-refractivity contribution in [3.05, 3.63) is 24.3 Å². The standard InChI is InChI=1S/C18H26N6O2S/c1-3-5-8-27(25,26)23-13-9-12(4-2)14(10-13)18-22-21-16-11-20-17-15(24(16)18)6-7-19-17/h6-7,11-14,19,23H,3-5,8-10H2,1-2H3/t12-,13+,14+/m1/s1. The van der Waals surface area contributed by atoms with Crippen LogP contribution in [0.2, 0.25) is 0 Å². The normalized spacial score (nSPS) is 23.6. The Hall–Kier alpha value is -2.00. The molecule has 2 N–H and O–H groups in total. The van der Waals surface area contributed by atoms with Crippen molar-refractivity contribution >= 4 is 26.8 Å². The molecule has 3 aromatic heterocycles. The summed E-state index contributed by atoms with van der Waals surface area (Å²) < 4.78 is 29.6. The van der Waals surface area contributed by atoms with E-state index in [9.17, 15) is 8.42 Å². The van der Waals surface area contributed by atoms with Gasteiger partial charge in [0.2, 0.25) is 10.0 Å². The molecule has 0 radical (unpaired) electrons. The molecule has 0 bridgehead atoms. The van der Waals surface area contributed by atoms with Gasteiger partial charge in [-0.25, -0.2) is 18.1 Å². The number of aromatic nitrogens is 5. The Kier molecular flexibility index (Phi) is 4.90. The number of hydrogen-bond donors (Lipinski definition) is 2. The maximum atomic E-state index is 12.3. The van der Waals surface area contributed by atoms with Crippen LogP contribution in [0.5, 0.6) is 0 Å². The van der Waals surface area contributed by atoms with E-state index in [2.05, 4.69) is 36.2 Å². The lowest BCUT2D eigenvalue weighted by atomic mass is 9.93. The topological polar surface area (TPSA) is 105 Å². The quantitative estimate of drug-likeness (QED) is 0.645. The Labute approximate surface area is 158 Å². The van der Waals surface area contributed by atoms with Crippen molar-refractivity contribution in [2.24, 2.45) is 5.92 Å². The molecule has 0 aromatic carbocycles. The second-order valence-electron chi connectivity index (χ2n) is 7.45. The Balaban J connectivity index is 1.64. The van der Waals surface area contributed by atoms with E-state index in [4.69, 9.17) is 0 Å². The van der Waals surface area contributed by atoms with Crippen molar-refractivity contribution in [1.82, 2.24) is 29.3 Å². The fourth-order valence-electron chi connectivity index (χ4n) is 4.27. The predicted octanol–water partition coefficient (Wildman–Crippen LogP) is 2.60. The summed E-state index contributed by atoms with van der Waals surface area (Å²) in [6, 6.07) is 1.93. The van der Waals surface area contributed by atoms with Gasteiger partial charge >= 0.3 is 0 Å². The van der Waals surface area contributed by atoms with Crippen molar-refractivity contribution in [1.29, 1.82) is 0 Å². The first-order valence-electron chi connectivity index (χ1n) is 9.69. The van der Waals surface area contributed by atoms with Gasteiger partial charge in [-0.1, -0.05) is 26.7 Å². The molecule has 0 saturated heterocycles. The number of aromatic amines is 1. The van der Waals surface area contributed by atoms with Crippen LogP contribution in [0.4, 0.5) is 0 Å². The summed E-state index contributed by atoms with van der Waals surface area (Å²) in [7, 11) is -3.23. The number of hydrogen-bond acceptors (Lipinski definition) is 5. The van der Waals surface area contributed by atoms with E-state index in [0.29, 0.717) is 12.3 Å². The summed E-state index contributed by atoms with van der Waals surface area (Å²) in [6.45, 7) is 4.16. The minimum atomic E-state index is -3.23. The Bertz CT molecular complexity index is 1040. The number of nitrogens with one attached hydrogen (secondary N) is 2. The third kappa shape index (κ3) is 3.45. The highest BCUT2D eigenvalue weighted by atomic mass is 32.2. The maximum absolute atomic E-state index is 12.3. The van der Waals surface area contributed by atoms with E-state index < -0.39 is 10.0 Å². The van der Waals surface area contributed by atoms with Crippen LogP contribution < -0.4 is 4.72 Å². The SMILES string of the molecule is CCCCS(=O)(=O)N[C@H]1C[C@@H](CC)[C@@H](c2nnc3cnc4[nH]ccc4n23)C1. The Morgan fingerprint density at radius 3 is 2.93 bits per heavy atom. The highest BCUT2D eigenvalue weighted by molar-refractivity contribution is 7.89. The van der Waals surface area contributed by atoms with Crippen LogP contribution in [0.15, 0.2) is 18.5 Å². The first-order valence-corrected chi connectivity index (χ1v) is 11.3. The second-order valence-corrected chi connectivity index (χ2v) is 9.33. The molecule has 0 spiro atoms. The molecule has 1 aliphatic rings. The molecule has 0 amide bonds. The lowest BCUT2D eigenvalue weighted by molar-refractivity contribution is 0.449. The van der Waals surface area contributed by atoms with Gasteiger partial charge in [0.25, 0.3) is 0 Å². The van der Waals surface area contributed by atoms with Crippen LogP contribution in [0.3, 0.4) is 0 Å². The zero-order valence-corrected chi connectivity index (χ0v) is 16.5. The fraction of sp³-hybridized carbons (Fsp3) is 0.611. The lowest BCUT2D eigenvalue weighted by Gasteiger charge is -2.16. The number of H-pyrrole nitrogens is 1. The smallest absolute Gasteiger partial charge is 0.211 e. The predicted molar refractivity (Wildman–Crippen MR) is 104 cm³/mol. The highest BCUT2D eigenvalue weighted by Crippen LogP contribution is 2.41. The van der Waals surface area contributed by atoms with E-state index >= 15 is 0 Å². The molecule has 0 aliphatic heterocycles. The van der Waals surface area contributed by atoms with Crippen molar-refractivity contribution < 1.29 is 8.42 Å². The van der Waals surface area contributed by atoms with Crippen molar-refractivity contribution in [3.8, 4) is 0 Å². The molecule has 27 heavy (non-hydrogen) atoms. The van der Waals surface area contributed by atoms with Crippen molar-refractivity contribution in [3.63, 3.8) is 0 Å². The van der Waals surface area contributed by atoms with E-state index in [-0.39, 0.29) is 17.7 Å². The summed E-state index contributed by atoms with van der Waals surface area (Å²) in [4.78, 5) is 7.49. The molecule has 1 saturated carbocycles. The summed E-state index contributed by atoms with van der Waals surface area (Å²) >= 11 is 0. The third-order valence-electron chi connectivity index (χ3n) is 5.63. The van der Waals surface area contributed by atoms with Crippen LogP contribution in [-0.2, 0) is 10.0 Å². The number of rotatable bonds is 7. The molecule has 3 aromatic rings. The highest BCUT2D eigenvalue weighted by Gasteiger charge is 2.38. The largest absolute Gasteiger partial charge is 0.345 e.